The zero-order valence-corrected chi connectivity index (χ0v) is 14.1. The lowest BCUT2D eigenvalue weighted by Gasteiger charge is -2.07. The molecule has 7 heteroatoms. The van der Waals surface area contributed by atoms with Crippen LogP contribution in [0.5, 0.6) is 0 Å². The van der Waals surface area contributed by atoms with Gasteiger partial charge in [-0.2, -0.15) is 4.80 Å². The molecule has 0 saturated heterocycles. The maximum absolute atomic E-state index is 12.1. The normalized spacial score (nSPS) is 10.6. The van der Waals surface area contributed by atoms with E-state index in [1.165, 1.54) is 10.4 Å². The van der Waals surface area contributed by atoms with E-state index in [9.17, 15) is 4.79 Å². The first kappa shape index (κ1) is 16.1. The van der Waals surface area contributed by atoms with E-state index in [0.29, 0.717) is 10.8 Å². The fourth-order valence-corrected chi connectivity index (χ4v) is 2.39. The van der Waals surface area contributed by atoms with Crippen molar-refractivity contribution >= 4 is 23.2 Å². The first-order valence-corrected chi connectivity index (χ1v) is 7.80. The Bertz CT molecular complexity index is 890. The number of tetrazole rings is 1. The van der Waals surface area contributed by atoms with Gasteiger partial charge in [-0.15, -0.1) is 10.2 Å². The molecule has 1 heterocycles. The Morgan fingerprint density at radius 2 is 2.00 bits per heavy atom. The number of aromatic nitrogens is 4. The highest BCUT2D eigenvalue weighted by molar-refractivity contribution is 6.30. The number of hydrogen-bond acceptors (Lipinski definition) is 4. The van der Waals surface area contributed by atoms with E-state index in [-0.39, 0.29) is 12.5 Å². The zero-order valence-electron chi connectivity index (χ0n) is 13.3. The predicted molar refractivity (Wildman–Crippen MR) is 92.8 cm³/mol. The fourth-order valence-electron chi connectivity index (χ4n) is 2.20. The monoisotopic (exact) mass is 341 g/mol. The van der Waals surface area contributed by atoms with Gasteiger partial charge in [0, 0.05) is 16.3 Å². The maximum Gasteiger partial charge on any atom is 0.248 e. The van der Waals surface area contributed by atoms with Gasteiger partial charge in [0.25, 0.3) is 0 Å². The lowest BCUT2D eigenvalue weighted by atomic mass is 10.1. The highest BCUT2D eigenvalue weighted by Gasteiger charge is 2.10. The van der Waals surface area contributed by atoms with Crippen LogP contribution in [0.25, 0.3) is 11.4 Å². The van der Waals surface area contributed by atoms with Crippen LogP contribution in [0.3, 0.4) is 0 Å². The quantitative estimate of drug-likeness (QED) is 0.790. The van der Waals surface area contributed by atoms with Crippen LogP contribution in [0.2, 0.25) is 5.02 Å². The third kappa shape index (κ3) is 3.78. The summed E-state index contributed by atoms with van der Waals surface area (Å²) in [5, 5.41) is 15.5. The molecule has 1 aromatic heterocycles. The number of carbonyl (C=O) groups is 1. The number of aryl methyl sites for hydroxylation is 2. The Kier molecular flexibility index (Phi) is 4.57. The number of nitrogens with zero attached hydrogens (tertiary/aromatic N) is 4. The van der Waals surface area contributed by atoms with E-state index in [0.717, 1.165) is 16.8 Å². The molecule has 0 fully saturated rings. The van der Waals surface area contributed by atoms with Crippen LogP contribution < -0.4 is 5.32 Å². The Labute approximate surface area is 144 Å². The first-order chi connectivity index (χ1) is 11.5. The van der Waals surface area contributed by atoms with E-state index in [4.69, 9.17) is 11.6 Å². The van der Waals surface area contributed by atoms with Gasteiger partial charge in [-0.05, 0) is 54.5 Å². The van der Waals surface area contributed by atoms with Crippen molar-refractivity contribution in [2.45, 2.75) is 20.4 Å². The molecule has 0 bridgehead atoms. The van der Waals surface area contributed by atoms with Crippen molar-refractivity contribution in [3.8, 4) is 11.4 Å². The highest BCUT2D eigenvalue weighted by atomic mass is 35.5. The molecule has 24 heavy (non-hydrogen) atoms. The van der Waals surface area contributed by atoms with Crippen molar-refractivity contribution in [1.29, 1.82) is 0 Å². The van der Waals surface area contributed by atoms with E-state index in [1.807, 2.05) is 44.2 Å². The number of amides is 1. The lowest BCUT2D eigenvalue weighted by Crippen LogP contribution is -2.20. The molecule has 3 rings (SSSR count). The van der Waals surface area contributed by atoms with E-state index >= 15 is 0 Å². The molecule has 3 aromatic rings. The van der Waals surface area contributed by atoms with Crippen molar-refractivity contribution in [3.63, 3.8) is 0 Å². The molecule has 6 nitrogen and oxygen atoms in total. The van der Waals surface area contributed by atoms with Crippen LogP contribution in [0.4, 0.5) is 5.69 Å². The molecule has 0 aliphatic carbocycles. The minimum atomic E-state index is -0.215. The number of carbonyl (C=O) groups excluding carboxylic acids is 1. The number of nitrogens with one attached hydrogen (secondary N) is 1. The van der Waals surface area contributed by atoms with Gasteiger partial charge in [0.15, 0.2) is 0 Å². The van der Waals surface area contributed by atoms with Crippen LogP contribution in [0.15, 0.2) is 42.5 Å². The second-order valence-corrected chi connectivity index (χ2v) is 5.94. The topological polar surface area (TPSA) is 72.7 Å². The van der Waals surface area contributed by atoms with Crippen molar-refractivity contribution in [1.82, 2.24) is 20.2 Å². The summed E-state index contributed by atoms with van der Waals surface area (Å²) in [6, 6.07) is 12.9. The van der Waals surface area contributed by atoms with Crippen LogP contribution in [-0.4, -0.2) is 26.1 Å². The van der Waals surface area contributed by atoms with Gasteiger partial charge in [0.05, 0.1) is 0 Å². The molecule has 2 aromatic carbocycles. The second-order valence-electron chi connectivity index (χ2n) is 5.50. The van der Waals surface area contributed by atoms with Gasteiger partial charge in [0.1, 0.15) is 6.54 Å². The molecule has 122 valence electrons. The highest BCUT2D eigenvalue weighted by Crippen LogP contribution is 2.18. The molecule has 0 radical (unpaired) electrons. The van der Waals surface area contributed by atoms with Gasteiger partial charge in [0.2, 0.25) is 11.7 Å². The molecule has 0 saturated carbocycles. The van der Waals surface area contributed by atoms with Crippen molar-refractivity contribution in [2.75, 3.05) is 5.32 Å². The number of halogens is 1. The first-order valence-electron chi connectivity index (χ1n) is 7.42. The summed E-state index contributed by atoms with van der Waals surface area (Å²) in [6.45, 7) is 4.01. The van der Waals surface area contributed by atoms with Crippen molar-refractivity contribution in [2.24, 2.45) is 0 Å². The average molecular weight is 342 g/mol. The molecular weight excluding hydrogens is 326 g/mol. The fraction of sp³-hybridized carbons (Fsp3) is 0.176. The second kappa shape index (κ2) is 6.80. The Hall–Kier alpha value is -2.73. The Balaban J connectivity index is 1.68. The standard InChI is InChI=1S/C17H16ClN5O/c1-11-6-7-15(8-12(11)2)19-16(24)10-23-21-17(20-22-23)13-4-3-5-14(18)9-13/h3-9H,10H2,1-2H3,(H,19,24). The lowest BCUT2D eigenvalue weighted by molar-refractivity contribution is -0.117. The van der Waals surface area contributed by atoms with Crippen LogP contribution >= 0.6 is 11.6 Å². The van der Waals surface area contributed by atoms with Gasteiger partial charge < -0.3 is 5.32 Å². The number of benzene rings is 2. The molecule has 0 atom stereocenters. The summed E-state index contributed by atoms with van der Waals surface area (Å²) in [7, 11) is 0. The number of hydrogen-bond donors (Lipinski definition) is 1. The van der Waals surface area contributed by atoms with Gasteiger partial charge in [-0.3, -0.25) is 4.79 Å². The molecule has 0 aliphatic heterocycles. The maximum atomic E-state index is 12.1. The molecular formula is C17H16ClN5O. The third-order valence-corrected chi connectivity index (χ3v) is 3.85. The number of anilines is 1. The van der Waals surface area contributed by atoms with E-state index < -0.39 is 0 Å². The van der Waals surface area contributed by atoms with Crippen LogP contribution in [0, 0.1) is 13.8 Å². The Morgan fingerprint density at radius 1 is 1.17 bits per heavy atom. The SMILES string of the molecule is Cc1ccc(NC(=O)Cn2nnc(-c3cccc(Cl)c3)n2)cc1C. The Morgan fingerprint density at radius 3 is 2.75 bits per heavy atom. The number of rotatable bonds is 4. The third-order valence-electron chi connectivity index (χ3n) is 3.61. The molecule has 1 N–H and O–H groups in total. The summed E-state index contributed by atoms with van der Waals surface area (Å²) >= 11 is 5.95. The zero-order chi connectivity index (χ0) is 17.1. The van der Waals surface area contributed by atoms with E-state index in [1.54, 1.807) is 12.1 Å². The largest absolute Gasteiger partial charge is 0.324 e. The van der Waals surface area contributed by atoms with Crippen LogP contribution in [0.1, 0.15) is 11.1 Å². The summed E-state index contributed by atoms with van der Waals surface area (Å²) in [5.74, 6) is 0.213. The summed E-state index contributed by atoms with van der Waals surface area (Å²) < 4.78 is 0. The molecule has 0 unspecified atom stereocenters. The van der Waals surface area contributed by atoms with E-state index in [2.05, 4.69) is 20.7 Å². The summed E-state index contributed by atoms with van der Waals surface area (Å²) in [6.07, 6.45) is 0. The van der Waals surface area contributed by atoms with Gasteiger partial charge in [-0.1, -0.05) is 29.8 Å². The summed E-state index contributed by atoms with van der Waals surface area (Å²) in [5.41, 5.74) is 3.80. The van der Waals surface area contributed by atoms with Crippen molar-refractivity contribution < 1.29 is 4.79 Å². The minimum Gasteiger partial charge on any atom is -0.324 e. The van der Waals surface area contributed by atoms with Crippen LogP contribution in [-0.2, 0) is 11.3 Å². The molecule has 0 spiro atoms. The molecule has 1 amide bonds. The van der Waals surface area contributed by atoms with Crippen molar-refractivity contribution in [3.05, 3.63) is 58.6 Å². The smallest absolute Gasteiger partial charge is 0.248 e. The minimum absolute atomic E-state index is 0.0134. The van der Waals surface area contributed by atoms with Gasteiger partial charge in [-0.25, -0.2) is 0 Å². The summed E-state index contributed by atoms with van der Waals surface area (Å²) in [4.78, 5) is 13.4. The molecule has 0 aliphatic rings. The predicted octanol–water partition coefficient (Wildman–Crippen LogP) is 3.25. The average Bonchev–Trinajstić information content (AvgIpc) is 2.99. The van der Waals surface area contributed by atoms with Gasteiger partial charge >= 0.3 is 0 Å².